The predicted octanol–water partition coefficient (Wildman–Crippen LogP) is 12.4. The van der Waals surface area contributed by atoms with E-state index in [-0.39, 0.29) is 19.4 Å². The number of carbonyl (C=O) groups is 2. The number of phosphoric acid groups is 1. The van der Waals surface area contributed by atoms with Gasteiger partial charge < -0.3 is 24.6 Å². The number of esters is 2. The maximum absolute atomic E-state index is 12.6. The van der Waals surface area contributed by atoms with Crippen LogP contribution in [0.4, 0.5) is 0 Å². The summed E-state index contributed by atoms with van der Waals surface area (Å²) >= 11 is 0. The Labute approximate surface area is 358 Å². The first-order valence-electron chi connectivity index (χ1n) is 22.9. The number of carbonyl (C=O) groups excluding carboxylic acids is 2. The van der Waals surface area contributed by atoms with Gasteiger partial charge in [0.1, 0.15) is 12.7 Å². The molecule has 3 N–H and O–H groups in total. The van der Waals surface area contributed by atoms with Crippen LogP contribution in [0.1, 0.15) is 181 Å². The third-order valence-corrected chi connectivity index (χ3v) is 10.3. The van der Waals surface area contributed by atoms with Gasteiger partial charge in [0.15, 0.2) is 6.10 Å². The van der Waals surface area contributed by atoms with Gasteiger partial charge in [-0.05, 0) is 77.0 Å². The van der Waals surface area contributed by atoms with E-state index in [0.717, 1.165) is 44.9 Å². The third kappa shape index (κ3) is 43.3. The number of allylic oxidation sites excluding steroid dienone is 12. The van der Waals surface area contributed by atoms with Gasteiger partial charge in [0, 0.05) is 12.8 Å². The second-order valence-electron chi connectivity index (χ2n) is 15.1. The number of rotatable bonds is 42. The lowest BCUT2D eigenvalue weighted by molar-refractivity contribution is -0.161. The maximum Gasteiger partial charge on any atom is 0.472 e. The third-order valence-electron chi connectivity index (χ3n) is 9.35. The molecule has 10 nitrogen and oxygen atoms in total. The predicted molar refractivity (Wildman–Crippen MR) is 242 cm³/mol. The molecule has 11 heteroatoms. The monoisotopic (exact) mass is 851 g/mol. The van der Waals surface area contributed by atoms with Crippen LogP contribution >= 0.6 is 7.82 Å². The standard InChI is InChI=1S/C48H83O10P/c1-3-5-7-9-11-13-15-17-19-21-22-24-25-27-29-31-33-35-37-39-47(51)55-43-46(44-57-59(53,54)56-42-45(50)41-49)58-48(52)40-38-36-34-32-30-28-26-23-20-18-16-14-12-10-8-6-4-2/h11,13-14,16-17,19,22,24,27,29,33,35,45-46,49-50H,3-10,12,15,18,20-21,23,25-26,28,30-32,34,36-44H2,1-2H3,(H,53,54)/b13-11+,16-14+,19-17+,24-22+,29-27+,35-33+/t45-,46+/m0/s1. The highest BCUT2D eigenvalue weighted by atomic mass is 31.2. The molecule has 0 aromatic rings. The van der Waals surface area contributed by atoms with Crippen LogP contribution in [0.25, 0.3) is 0 Å². The lowest BCUT2D eigenvalue weighted by Crippen LogP contribution is -2.29. The van der Waals surface area contributed by atoms with Crippen molar-refractivity contribution in [3.05, 3.63) is 72.9 Å². The summed E-state index contributed by atoms with van der Waals surface area (Å²) < 4.78 is 32.7. The molecule has 0 radical (unpaired) electrons. The lowest BCUT2D eigenvalue weighted by atomic mass is 10.1. The van der Waals surface area contributed by atoms with E-state index in [1.54, 1.807) is 0 Å². The van der Waals surface area contributed by atoms with Gasteiger partial charge in [-0.1, -0.05) is 164 Å². The highest BCUT2D eigenvalue weighted by Crippen LogP contribution is 2.43. The zero-order valence-electron chi connectivity index (χ0n) is 36.9. The van der Waals surface area contributed by atoms with Crippen LogP contribution in [0, 0.1) is 0 Å². The van der Waals surface area contributed by atoms with E-state index < -0.39 is 51.8 Å². The maximum atomic E-state index is 12.6. The van der Waals surface area contributed by atoms with E-state index in [1.165, 1.54) is 96.3 Å². The number of aliphatic hydroxyl groups excluding tert-OH is 2. The zero-order valence-corrected chi connectivity index (χ0v) is 37.8. The Morgan fingerprint density at radius 3 is 1.44 bits per heavy atom. The molecular formula is C48H83O10P. The molecule has 0 saturated heterocycles. The van der Waals surface area contributed by atoms with Crippen LogP contribution in [0.2, 0.25) is 0 Å². The average Bonchev–Trinajstić information content (AvgIpc) is 3.22. The second kappa shape index (κ2) is 43.5. The number of hydrogen-bond donors (Lipinski definition) is 3. The molecule has 0 aromatic heterocycles. The van der Waals surface area contributed by atoms with Crippen LogP contribution in [0.15, 0.2) is 72.9 Å². The second-order valence-corrected chi connectivity index (χ2v) is 16.5. The molecule has 340 valence electrons. The smallest absolute Gasteiger partial charge is 0.462 e. The molecular weight excluding hydrogens is 767 g/mol. The van der Waals surface area contributed by atoms with Crippen molar-refractivity contribution in [2.75, 3.05) is 26.4 Å². The molecule has 0 aliphatic rings. The Balaban J connectivity index is 4.39. The fraction of sp³-hybridized carbons (Fsp3) is 0.708. The van der Waals surface area contributed by atoms with E-state index in [2.05, 4.69) is 79.1 Å². The molecule has 0 saturated carbocycles. The van der Waals surface area contributed by atoms with E-state index in [4.69, 9.17) is 19.1 Å². The Kier molecular flexibility index (Phi) is 41.6. The largest absolute Gasteiger partial charge is 0.472 e. The summed E-state index contributed by atoms with van der Waals surface area (Å²) in [6.07, 6.45) is 50.2. The van der Waals surface area contributed by atoms with Gasteiger partial charge >= 0.3 is 19.8 Å². The van der Waals surface area contributed by atoms with Gasteiger partial charge in [-0.3, -0.25) is 18.6 Å². The lowest BCUT2D eigenvalue weighted by Gasteiger charge is -2.20. The highest BCUT2D eigenvalue weighted by molar-refractivity contribution is 7.47. The van der Waals surface area contributed by atoms with Crippen LogP contribution in [0.3, 0.4) is 0 Å². The molecule has 0 aromatic carbocycles. The van der Waals surface area contributed by atoms with Gasteiger partial charge in [0.25, 0.3) is 0 Å². The summed E-state index contributed by atoms with van der Waals surface area (Å²) in [6, 6.07) is 0. The summed E-state index contributed by atoms with van der Waals surface area (Å²) in [5.74, 6) is -1.03. The van der Waals surface area contributed by atoms with E-state index in [0.29, 0.717) is 12.8 Å². The van der Waals surface area contributed by atoms with E-state index >= 15 is 0 Å². The molecule has 0 spiro atoms. The number of unbranched alkanes of at least 4 members (excludes halogenated alkanes) is 16. The zero-order chi connectivity index (χ0) is 43.3. The highest BCUT2D eigenvalue weighted by Gasteiger charge is 2.27. The number of hydrogen-bond acceptors (Lipinski definition) is 9. The number of ether oxygens (including phenoxy) is 2. The Bertz CT molecular complexity index is 1210. The summed E-state index contributed by atoms with van der Waals surface area (Å²) in [7, 11) is -4.64. The fourth-order valence-electron chi connectivity index (χ4n) is 5.79. The minimum absolute atomic E-state index is 0.115. The summed E-state index contributed by atoms with van der Waals surface area (Å²) in [6.45, 7) is 2.25. The molecule has 0 aliphatic heterocycles. The fourth-order valence-corrected chi connectivity index (χ4v) is 6.58. The van der Waals surface area contributed by atoms with Crippen molar-refractivity contribution in [3.63, 3.8) is 0 Å². The van der Waals surface area contributed by atoms with Crippen LogP contribution in [-0.2, 0) is 32.7 Å². The Hall–Kier alpha value is -2.59. The van der Waals surface area contributed by atoms with Crippen molar-refractivity contribution in [1.29, 1.82) is 0 Å². The van der Waals surface area contributed by atoms with Crippen molar-refractivity contribution in [1.82, 2.24) is 0 Å². The van der Waals surface area contributed by atoms with Crippen molar-refractivity contribution in [3.8, 4) is 0 Å². The molecule has 0 amide bonds. The van der Waals surface area contributed by atoms with Gasteiger partial charge in [0.2, 0.25) is 0 Å². The van der Waals surface area contributed by atoms with Crippen LogP contribution < -0.4 is 0 Å². The van der Waals surface area contributed by atoms with E-state index in [1.807, 2.05) is 12.2 Å². The molecule has 0 fully saturated rings. The molecule has 0 heterocycles. The molecule has 0 bridgehead atoms. The van der Waals surface area contributed by atoms with Crippen LogP contribution in [-0.4, -0.2) is 65.7 Å². The van der Waals surface area contributed by atoms with Crippen molar-refractivity contribution >= 4 is 19.8 Å². The minimum Gasteiger partial charge on any atom is -0.462 e. The first-order chi connectivity index (χ1) is 28.7. The normalized spacial score (nSPS) is 14.5. The van der Waals surface area contributed by atoms with Gasteiger partial charge in [-0.2, -0.15) is 0 Å². The summed E-state index contributed by atoms with van der Waals surface area (Å²) in [5, 5.41) is 18.3. The first kappa shape index (κ1) is 56.4. The Morgan fingerprint density at radius 1 is 0.508 bits per heavy atom. The average molecular weight is 851 g/mol. The molecule has 3 atom stereocenters. The SMILES string of the molecule is CCCCC/C=C/C/C=C/C/C=C/C/C=C/C/C=C/CCC(=O)OC[C@H](COP(=O)(O)OC[C@@H](O)CO)OC(=O)CCCCCCCCCCC/C=C/CCCCCC. The minimum atomic E-state index is -4.64. The quantitative estimate of drug-likeness (QED) is 0.0234. The van der Waals surface area contributed by atoms with E-state index in [9.17, 15) is 24.2 Å². The van der Waals surface area contributed by atoms with Gasteiger partial charge in [0.05, 0.1) is 19.8 Å². The topological polar surface area (TPSA) is 149 Å². The van der Waals surface area contributed by atoms with Crippen molar-refractivity contribution in [2.45, 2.75) is 193 Å². The first-order valence-corrected chi connectivity index (χ1v) is 24.4. The molecule has 1 unspecified atom stereocenters. The van der Waals surface area contributed by atoms with Crippen LogP contribution in [0.5, 0.6) is 0 Å². The Morgan fingerprint density at radius 2 is 0.915 bits per heavy atom. The summed E-state index contributed by atoms with van der Waals surface area (Å²) in [5.41, 5.74) is 0. The molecule has 0 aliphatic carbocycles. The summed E-state index contributed by atoms with van der Waals surface area (Å²) in [4.78, 5) is 35.0. The number of phosphoric ester groups is 1. The number of aliphatic hydroxyl groups is 2. The van der Waals surface area contributed by atoms with Gasteiger partial charge in [-0.15, -0.1) is 0 Å². The van der Waals surface area contributed by atoms with Crippen molar-refractivity contribution < 1.29 is 47.8 Å². The van der Waals surface area contributed by atoms with Crippen molar-refractivity contribution in [2.24, 2.45) is 0 Å². The molecule has 0 rings (SSSR count). The molecule has 59 heavy (non-hydrogen) atoms. The van der Waals surface area contributed by atoms with Gasteiger partial charge in [-0.25, -0.2) is 4.57 Å².